The average Bonchev–Trinajstić information content (AvgIpc) is 3.50. The number of nitrogens with zero attached hydrogens (tertiary/aromatic N) is 2. The van der Waals surface area contributed by atoms with E-state index >= 15 is 0 Å². The second-order valence-corrected chi connectivity index (χ2v) is 10.8. The summed E-state index contributed by atoms with van der Waals surface area (Å²) in [6.07, 6.45) is 3.76. The molecule has 1 amide bonds. The van der Waals surface area contributed by atoms with Gasteiger partial charge in [0.1, 0.15) is 22.1 Å². The molecule has 2 aromatic carbocycles. The lowest BCUT2D eigenvalue weighted by atomic mass is 9.95. The molecule has 1 N–H and O–H groups in total. The number of unbranched alkanes of at least 4 members (excludes halogenated alkanes) is 2. The molecule has 0 aliphatic carbocycles. The van der Waals surface area contributed by atoms with E-state index in [-0.39, 0.29) is 27.9 Å². The van der Waals surface area contributed by atoms with Gasteiger partial charge in [0.2, 0.25) is 0 Å². The van der Waals surface area contributed by atoms with Gasteiger partial charge in [0.25, 0.3) is 5.78 Å². The zero-order chi connectivity index (χ0) is 30.2. The van der Waals surface area contributed by atoms with Gasteiger partial charge in [0.05, 0.1) is 37.1 Å². The van der Waals surface area contributed by atoms with E-state index in [9.17, 15) is 19.5 Å². The van der Waals surface area contributed by atoms with Crippen LogP contribution in [0.15, 0.2) is 54.1 Å². The Bertz CT molecular complexity index is 1460. The molecule has 9 nitrogen and oxygen atoms in total. The molecule has 0 saturated carbocycles. The molecule has 1 aliphatic heterocycles. The van der Waals surface area contributed by atoms with Crippen LogP contribution in [0.1, 0.15) is 79.0 Å². The number of benzene rings is 2. The summed E-state index contributed by atoms with van der Waals surface area (Å²) in [5.74, 6) is -1.41. The summed E-state index contributed by atoms with van der Waals surface area (Å²) in [5.41, 5.74) is 1.20. The number of carbonyl (C=O) groups is 3. The lowest BCUT2D eigenvalue weighted by Crippen LogP contribution is -2.29. The van der Waals surface area contributed by atoms with Crippen LogP contribution in [0, 0.1) is 6.92 Å². The van der Waals surface area contributed by atoms with E-state index in [2.05, 4.69) is 18.8 Å². The first-order valence-corrected chi connectivity index (χ1v) is 15.0. The number of ketones is 1. The summed E-state index contributed by atoms with van der Waals surface area (Å²) in [6, 6.07) is 12.9. The Hall–Kier alpha value is -4.18. The predicted octanol–water partition coefficient (Wildman–Crippen LogP) is 6.61. The first-order chi connectivity index (χ1) is 20.3. The summed E-state index contributed by atoms with van der Waals surface area (Å²) < 4.78 is 16.7. The van der Waals surface area contributed by atoms with Crippen LogP contribution < -0.4 is 14.4 Å². The number of amides is 1. The van der Waals surface area contributed by atoms with Crippen LogP contribution in [0.3, 0.4) is 0 Å². The van der Waals surface area contributed by atoms with Crippen molar-refractivity contribution in [3.8, 4) is 11.5 Å². The lowest BCUT2D eigenvalue weighted by Gasteiger charge is -2.23. The smallest absolute Gasteiger partial charge is 0.350 e. The van der Waals surface area contributed by atoms with Crippen molar-refractivity contribution in [1.82, 2.24) is 4.98 Å². The number of ether oxygens (including phenoxy) is 3. The number of aryl methyl sites for hydroxylation is 1. The number of carbonyl (C=O) groups excluding carboxylic acids is 3. The number of esters is 1. The highest BCUT2D eigenvalue weighted by atomic mass is 32.1. The number of aromatic nitrogens is 1. The zero-order valence-corrected chi connectivity index (χ0v) is 25.2. The van der Waals surface area contributed by atoms with Crippen molar-refractivity contribution in [3.63, 3.8) is 0 Å². The van der Waals surface area contributed by atoms with Crippen molar-refractivity contribution in [2.24, 2.45) is 0 Å². The fourth-order valence-electron chi connectivity index (χ4n) is 4.52. The normalized spacial score (nSPS) is 16.1. The van der Waals surface area contributed by atoms with Crippen molar-refractivity contribution in [3.05, 3.63) is 75.8 Å². The van der Waals surface area contributed by atoms with Crippen LogP contribution in [0.25, 0.3) is 5.76 Å². The maximum Gasteiger partial charge on any atom is 0.350 e. The molecule has 3 aromatic rings. The Morgan fingerprint density at radius 3 is 2.29 bits per heavy atom. The van der Waals surface area contributed by atoms with Crippen LogP contribution in [0.2, 0.25) is 0 Å². The maximum atomic E-state index is 13.6. The molecule has 1 atom stereocenters. The van der Waals surface area contributed by atoms with Crippen LogP contribution in [-0.4, -0.2) is 47.6 Å². The van der Waals surface area contributed by atoms with Crippen molar-refractivity contribution in [2.75, 3.05) is 24.7 Å². The molecule has 10 heteroatoms. The topological polar surface area (TPSA) is 115 Å². The molecule has 1 unspecified atom stereocenters. The minimum atomic E-state index is -1.00. The van der Waals surface area contributed by atoms with Gasteiger partial charge in [0.15, 0.2) is 5.13 Å². The summed E-state index contributed by atoms with van der Waals surface area (Å²) in [6.45, 7) is 8.76. The summed E-state index contributed by atoms with van der Waals surface area (Å²) in [7, 11) is 0. The van der Waals surface area contributed by atoms with Gasteiger partial charge in [-0.1, -0.05) is 62.3 Å². The van der Waals surface area contributed by atoms with E-state index in [1.165, 1.54) is 4.90 Å². The van der Waals surface area contributed by atoms with E-state index in [1.807, 2.05) is 0 Å². The predicted molar refractivity (Wildman–Crippen MR) is 161 cm³/mol. The molecule has 1 saturated heterocycles. The Morgan fingerprint density at radius 2 is 1.64 bits per heavy atom. The molecule has 4 rings (SSSR count). The van der Waals surface area contributed by atoms with Gasteiger partial charge < -0.3 is 19.3 Å². The van der Waals surface area contributed by atoms with Gasteiger partial charge in [-0.05, 0) is 56.5 Å². The standard InChI is InChI=1S/C32H36N2O7S/c1-5-8-17-40-23-15-13-21(14-16-23)26-25(27(35)22-11-10-12-24(19-22)41-18-9-6-2)28(36)30(37)34(26)32-33-20(4)29(42-32)31(38)39-7-3/h10-16,19,26,35H,5-9,17-18H2,1-4H3. The zero-order valence-electron chi connectivity index (χ0n) is 24.3. The SMILES string of the molecule is CCCCOc1ccc(C2C(=C(O)c3cccc(OCCCC)c3)C(=O)C(=O)N2c2nc(C)c(C(=O)OCC)s2)cc1. The average molecular weight is 593 g/mol. The number of aliphatic hydroxyl groups is 1. The fraction of sp³-hybridized carbons (Fsp3) is 0.375. The molecule has 0 bridgehead atoms. The maximum absolute atomic E-state index is 13.6. The first kappa shape index (κ1) is 30.8. The third-order valence-corrected chi connectivity index (χ3v) is 7.87. The number of hydrogen-bond acceptors (Lipinski definition) is 9. The number of thiazole rings is 1. The van der Waals surface area contributed by atoms with Crippen molar-refractivity contribution >= 4 is 39.9 Å². The summed E-state index contributed by atoms with van der Waals surface area (Å²) >= 11 is 0.967. The highest BCUT2D eigenvalue weighted by Crippen LogP contribution is 2.44. The molecule has 1 fully saturated rings. The van der Waals surface area contributed by atoms with Crippen molar-refractivity contribution in [1.29, 1.82) is 0 Å². The Kier molecular flexibility index (Phi) is 10.4. The van der Waals surface area contributed by atoms with E-state index in [0.717, 1.165) is 37.0 Å². The van der Waals surface area contributed by atoms with Gasteiger partial charge in [-0.25, -0.2) is 9.78 Å². The molecule has 2 heterocycles. The lowest BCUT2D eigenvalue weighted by molar-refractivity contribution is -0.132. The van der Waals surface area contributed by atoms with Gasteiger partial charge in [-0.2, -0.15) is 0 Å². The van der Waals surface area contributed by atoms with Crippen molar-refractivity contribution in [2.45, 2.75) is 59.4 Å². The largest absolute Gasteiger partial charge is 0.507 e. The van der Waals surface area contributed by atoms with E-state index in [1.54, 1.807) is 62.4 Å². The Labute approximate surface area is 249 Å². The molecule has 1 aromatic heterocycles. The second kappa shape index (κ2) is 14.1. The van der Waals surface area contributed by atoms with Gasteiger partial charge in [-0.3, -0.25) is 14.5 Å². The molecular formula is C32H36N2O7S. The number of aliphatic hydroxyl groups excluding tert-OH is 1. The van der Waals surface area contributed by atoms with Gasteiger partial charge in [-0.15, -0.1) is 0 Å². The molecule has 222 valence electrons. The minimum absolute atomic E-state index is 0.0871. The molecule has 42 heavy (non-hydrogen) atoms. The van der Waals surface area contributed by atoms with Gasteiger partial charge in [0, 0.05) is 5.56 Å². The van der Waals surface area contributed by atoms with Crippen LogP contribution >= 0.6 is 11.3 Å². The minimum Gasteiger partial charge on any atom is -0.507 e. The molecule has 1 aliphatic rings. The molecule has 0 radical (unpaired) electrons. The molecular weight excluding hydrogens is 556 g/mol. The van der Waals surface area contributed by atoms with Gasteiger partial charge >= 0.3 is 11.9 Å². The number of rotatable bonds is 13. The Balaban J connectivity index is 1.81. The molecule has 0 spiro atoms. The highest BCUT2D eigenvalue weighted by molar-refractivity contribution is 7.17. The third-order valence-electron chi connectivity index (χ3n) is 6.73. The summed E-state index contributed by atoms with van der Waals surface area (Å²) in [5, 5.41) is 11.7. The van der Waals surface area contributed by atoms with E-state index in [0.29, 0.717) is 41.5 Å². The number of Topliss-reactive ketones (excluding diaryl/α,β-unsaturated/α-hetero) is 1. The second-order valence-electron chi connectivity index (χ2n) is 9.80. The van der Waals surface area contributed by atoms with E-state index < -0.39 is 23.7 Å². The fourth-order valence-corrected chi connectivity index (χ4v) is 5.51. The van der Waals surface area contributed by atoms with E-state index in [4.69, 9.17) is 14.2 Å². The van der Waals surface area contributed by atoms with Crippen LogP contribution in [-0.2, 0) is 14.3 Å². The monoisotopic (exact) mass is 592 g/mol. The van der Waals surface area contributed by atoms with Crippen molar-refractivity contribution < 1.29 is 33.7 Å². The van der Waals surface area contributed by atoms with Crippen LogP contribution in [0.5, 0.6) is 11.5 Å². The first-order valence-electron chi connectivity index (χ1n) is 14.2. The number of anilines is 1. The Morgan fingerprint density at radius 1 is 0.976 bits per heavy atom. The summed E-state index contributed by atoms with van der Waals surface area (Å²) in [4.78, 5) is 45.6. The van der Waals surface area contributed by atoms with Crippen LogP contribution in [0.4, 0.5) is 5.13 Å². The quantitative estimate of drug-likeness (QED) is 0.0775. The number of hydrogen-bond donors (Lipinski definition) is 1. The highest BCUT2D eigenvalue weighted by Gasteiger charge is 2.48. The third kappa shape index (κ3) is 6.65.